The monoisotopic (exact) mass is 511 g/mol. The van der Waals surface area contributed by atoms with Gasteiger partial charge in [-0.3, -0.25) is 9.36 Å². The summed E-state index contributed by atoms with van der Waals surface area (Å²) in [6.45, 7) is 2.12. The Morgan fingerprint density at radius 3 is 2.69 bits per heavy atom. The summed E-state index contributed by atoms with van der Waals surface area (Å²) in [5.74, 6) is -0.00531. The molecule has 6 aromatic rings. The number of rotatable bonds is 6. The summed E-state index contributed by atoms with van der Waals surface area (Å²) in [6.07, 6.45) is 3.98. The molecule has 0 saturated carbocycles. The van der Waals surface area contributed by atoms with Gasteiger partial charge in [0.15, 0.2) is 0 Å². The fourth-order valence-corrected chi connectivity index (χ4v) is 5.97. The Labute approximate surface area is 214 Å². The van der Waals surface area contributed by atoms with Gasteiger partial charge in [0.25, 0.3) is 10.8 Å². The van der Waals surface area contributed by atoms with Crippen LogP contribution in [0.5, 0.6) is 5.19 Å². The Hall–Kier alpha value is -3.95. The second-order valence-corrected chi connectivity index (χ2v) is 10.3. The molecule has 0 aliphatic carbocycles. The van der Waals surface area contributed by atoms with Crippen LogP contribution in [0.15, 0.2) is 77.4 Å². The van der Waals surface area contributed by atoms with Crippen molar-refractivity contribution >= 4 is 43.8 Å². The SMILES string of the molecule is COc1ncc(-c2cccc3cc([C@H](C)Cc4ncnc5scnc45)n(-c4ccccc4)c(=O)c23)s1. The molecule has 4 aromatic heterocycles. The molecule has 2 aromatic carbocycles. The van der Waals surface area contributed by atoms with Gasteiger partial charge in [0.2, 0.25) is 0 Å². The predicted octanol–water partition coefficient (Wildman–Crippen LogP) is 5.87. The predicted molar refractivity (Wildman–Crippen MR) is 145 cm³/mol. The molecule has 0 N–H and O–H groups in total. The van der Waals surface area contributed by atoms with Crippen molar-refractivity contribution < 1.29 is 4.74 Å². The van der Waals surface area contributed by atoms with Crippen molar-refractivity contribution in [3.63, 3.8) is 0 Å². The molecule has 0 spiro atoms. The van der Waals surface area contributed by atoms with Crippen LogP contribution in [0.25, 0.3) is 37.2 Å². The van der Waals surface area contributed by atoms with Crippen LogP contribution >= 0.6 is 22.7 Å². The summed E-state index contributed by atoms with van der Waals surface area (Å²) in [7, 11) is 1.60. The number of benzene rings is 2. The highest BCUT2D eigenvalue weighted by atomic mass is 32.1. The van der Waals surface area contributed by atoms with E-state index in [4.69, 9.17) is 4.74 Å². The number of hydrogen-bond acceptors (Lipinski definition) is 8. The zero-order valence-electron chi connectivity index (χ0n) is 19.6. The minimum atomic E-state index is -0.0648. The Morgan fingerprint density at radius 2 is 1.89 bits per heavy atom. The summed E-state index contributed by atoms with van der Waals surface area (Å²) < 4.78 is 7.12. The minimum absolute atomic E-state index is 0.00531. The van der Waals surface area contributed by atoms with Crippen molar-refractivity contribution in [3.05, 3.63) is 94.4 Å². The largest absolute Gasteiger partial charge is 0.473 e. The molecule has 36 heavy (non-hydrogen) atoms. The normalized spacial score (nSPS) is 12.3. The van der Waals surface area contributed by atoms with Crippen molar-refractivity contribution in [2.45, 2.75) is 19.3 Å². The maximum Gasteiger partial charge on any atom is 0.273 e. The first-order valence-corrected chi connectivity index (χ1v) is 13.1. The third kappa shape index (κ3) is 3.86. The average molecular weight is 512 g/mol. The molecular formula is C27H21N5O2S2. The number of hydrogen-bond donors (Lipinski definition) is 0. The molecule has 0 bridgehead atoms. The summed E-state index contributed by atoms with van der Waals surface area (Å²) in [5.41, 5.74) is 6.02. The third-order valence-corrected chi connectivity index (χ3v) is 7.95. The van der Waals surface area contributed by atoms with Crippen molar-refractivity contribution in [2.75, 3.05) is 7.11 Å². The van der Waals surface area contributed by atoms with Crippen molar-refractivity contribution in [2.24, 2.45) is 0 Å². The van der Waals surface area contributed by atoms with Gasteiger partial charge in [-0.1, -0.05) is 54.7 Å². The lowest BCUT2D eigenvalue weighted by molar-refractivity contribution is 0.412. The van der Waals surface area contributed by atoms with Gasteiger partial charge in [-0.2, -0.15) is 0 Å². The highest BCUT2D eigenvalue weighted by Crippen LogP contribution is 2.35. The first-order chi connectivity index (χ1) is 17.6. The Kier molecular flexibility index (Phi) is 5.79. The molecule has 0 amide bonds. The van der Waals surface area contributed by atoms with Crippen LogP contribution in [0.3, 0.4) is 0 Å². The average Bonchev–Trinajstić information content (AvgIpc) is 3.59. The number of para-hydroxylation sites is 1. The van der Waals surface area contributed by atoms with E-state index in [9.17, 15) is 4.79 Å². The summed E-state index contributed by atoms with van der Waals surface area (Å²) in [6, 6.07) is 17.8. The van der Waals surface area contributed by atoms with Gasteiger partial charge in [0, 0.05) is 35.5 Å². The number of thiazole rings is 2. The topological polar surface area (TPSA) is 82.8 Å². The minimum Gasteiger partial charge on any atom is -0.473 e. The van der Waals surface area contributed by atoms with E-state index in [1.165, 1.54) is 22.7 Å². The van der Waals surface area contributed by atoms with E-state index in [-0.39, 0.29) is 11.5 Å². The molecule has 0 aliphatic heterocycles. The van der Waals surface area contributed by atoms with E-state index in [1.807, 2.05) is 53.1 Å². The molecule has 6 rings (SSSR count). The summed E-state index contributed by atoms with van der Waals surface area (Å²) in [5, 5.41) is 2.11. The Morgan fingerprint density at radius 1 is 1.03 bits per heavy atom. The summed E-state index contributed by atoms with van der Waals surface area (Å²) >= 11 is 2.92. The second kappa shape index (κ2) is 9.25. The van der Waals surface area contributed by atoms with E-state index in [0.29, 0.717) is 17.0 Å². The molecular weight excluding hydrogens is 490 g/mol. The molecule has 4 heterocycles. The highest BCUT2D eigenvalue weighted by molar-refractivity contribution is 7.17. The van der Waals surface area contributed by atoms with Gasteiger partial charge < -0.3 is 4.74 Å². The molecule has 0 fully saturated rings. The molecule has 0 saturated heterocycles. The maximum atomic E-state index is 14.2. The van der Waals surface area contributed by atoms with Crippen molar-refractivity contribution in [3.8, 4) is 21.3 Å². The fraction of sp³-hybridized carbons (Fsp3) is 0.148. The zero-order chi connectivity index (χ0) is 24.6. The van der Waals surface area contributed by atoms with Crippen LogP contribution in [0.2, 0.25) is 0 Å². The molecule has 0 radical (unpaired) electrons. The standard InChI is InChI=1S/C27H21N5O2S2/c1-16(11-20-24-25(30-14-29-20)35-15-31-24)21-12-17-7-6-10-19(22-13-28-27(34-2)36-22)23(17)26(33)32(21)18-8-4-3-5-9-18/h3-10,12-16H,11H2,1-2H3/t16-/m1/s1. The lowest BCUT2D eigenvalue weighted by atomic mass is 9.96. The van der Waals surface area contributed by atoms with Gasteiger partial charge in [0.05, 0.1) is 28.6 Å². The van der Waals surface area contributed by atoms with Crippen LogP contribution in [-0.2, 0) is 6.42 Å². The van der Waals surface area contributed by atoms with Gasteiger partial charge in [-0.25, -0.2) is 19.9 Å². The van der Waals surface area contributed by atoms with Gasteiger partial charge in [-0.15, -0.1) is 11.3 Å². The van der Waals surface area contributed by atoms with E-state index in [1.54, 1.807) is 25.1 Å². The zero-order valence-corrected chi connectivity index (χ0v) is 21.2. The Bertz CT molecular complexity index is 1760. The fourth-order valence-electron chi connectivity index (χ4n) is 4.56. The third-order valence-electron chi connectivity index (χ3n) is 6.23. The van der Waals surface area contributed by atoms with E-state index in [0.717, 1.165) is 43.2 Å². The molecule has 178 valence electrons. The lowest BCUT2D eigenvalue weighted by Gasteiger charge is -2.20. The number of ether oxygens (including phenoxy) is 1. The van der Waals surface area contributed by atoms with Crippen LogP contribution in [-0.4, -0.2) is 31.6 Å². The van der Waals surface area contributed by atoms with E-state index in [2.05, 4.69) is 32.9 Å². The number of pyridine rings is 1. The van der Waals surface area contributed by atoms with Crippen molar-refractivity contribution in [1.82, 2.24) is 24.5 Å². The van der Waals surface area contributed by atoms with Crippen LogP contribution in [0.1, 0.15) is 24.2 Å². The van der Waals surface area contributed by atoms with Crippen LogP contribution in [0.4, 0.5) is 0 Å². The first kappa shape index (κ1) is 22.5. The summed E-state index contributed by atoms with van der Waals surface area (Å²) in [4.78, 5) is 33.6. The molecule has 0 aliphatic rings. The lowest BCUT2D eigenvalue weighted by Crippen LogP contribution is -2.24. The van der Waals surface area contributed by atoms with Gasteiger partial charge in [-0.05, 0) is 23.6 Å². The number of aromatic nitrogens is 5. The van der Waals surface area contributed by atoms with Gasteiger partial charge >= 0.3 is 0 Å². The number of fused-ring (bicyclic) bond motifs is 2. The molecule has 9 heteroatoms. The first-order valence-electron chi connectivity index (χ1n) is 11.4. The molecule has 1 atom stereocenters. The second-order valence-electron chi connectivity index (χ2n) is 8.44. The number of nitrogens with zero attached hydrogens (tertiary/aromatic N) is 5. The van der Waals surface area contributed by atoms with Crippen molar-refractivity contribution in [1.29, 1.82) is 0 Å². The maximum absolute atomic E-state index is 14.2. The van der Waals surface area contributed by atoms with E-state index < -0.39 is 0 Å². The highest BCUT2D eigenvalue weighted by Gasteiger charge is 2.21. The van der Waals surface area contributed by atoms with Crippen LogP contribution < -0.4 is 10.3 Å². The quantitative estimate of drug-likeness (QED) is 0.278. The van der Waals surface area contributed by atoms with Crippen LogP contribution in [0, 0.1) is 0 Å². The smallest absolute Gasteiger partial charge is 0.273 e. The molecule has 0 unspecified atom stereocenters. The molecule has 7 nitrogen and oxygen atoms in total. The van der Waals surface area contributed by atoms with Gasteiger partial charge in [0.1, 0.15) is 16.7 Å². The number of methoxy groups -OCH3 is 1. The Balaban J connectivity index is 1.56. The van der Waals surface area contributed by atoms with E-state index >= 15 is 0 Å².